The van der Waals surface area contributed by atoms with Crippen molar-refractivity contribution in [3.8, 4) is 0 Å². The van der Waals surface area contributed by atoms with E-state index in [0.717, 1.165) is 26.2 Å². The van der Waals surface area contributed by atoms with Gasteiger partial charge in [-0.15, -0.1) is 0 Å². The fourth-order valence-corrected chi connectivity index (χ4v) is 2.19. The van der Waals surface area contributed by atoms with E-state index < -0.39 is 0 Å². The maximum atomic E-state index is 11.4. The standard InChI is InChI=1S/C10H19N3O/c1-12-5-6-13(8-10(12)14)7-9-3-2-4-11-9/h9,11H,2-8H2,1H3/t9-/m0/s1. The predicted octanol–water partition coefficient (Wildman–Crippen LogP) is -0.488. The van der Waals surface area contributed by atoms with Crippen LogP contribution in [0.4, 0.5) is 0 Å². The summed E-state index contributed by atoms with van der Waals surface area (Å²) in [6.45, 7) is 4.70. The lowest BCUT2D eigenvalue weighted by molar-refractivity contribution is -0.134. The molecular weight excluding hydrogens is 178 g/mol. The van der Waals surface area contributed by atoms with Crippen LogP contribution < -0.4 is 5.32 Å². The van der Waals surface area contributed by atoms with Gasteiger partial charge in [-0.25, -0.2) is 0 Å². The molecule has 2 heterocycles. The average molecular weight is 197 g/mol. The van der Waals surface area contributed by atoms with E-state index in [2.05, 4.69) is 10.2 Å². The summed E-state index contributed by atoms with van der Waals surface area (Å²) in [5.41, 5.74) is 0. The smallest absolute Gasteiger partial charge is 0.236 e. The van der Waals surface area contributed by atoms with Gasteiger partial charge in [0.1, 0.15) is 0 Å². The number of nitrogens with zero attached hydrogens (tertiary/aromatic N) is 2. The lowest BCUT2D eigenvalue weighted by atomic mass is 10.2. The van der Waals surface area contributed by atoms with Crippen molar-refractivity contribution in [3.63, 3.8) is 0 Å². The normalized spacial score (nSPS) is 29.9. The maximum absolute atomic E-state index is 11.4. The lowest BCUT2D eigenvalue weighted by Crippen LogP contribution is -2.51. The van der Waals surface area contributed by atoms with Gasteiger partial charge in [-0.1, -0.05) is 0 Å². The third-order valence-electron chi connectivity index (χ3n) is 3.18. The van der Waals surface area contributed by atoms with E-state index in [1.54, 1.807) is 0 Å². The zero-order chi connectivity index (χ0) is 9.97. The molecule has 4 heteroatoms. The molecule has 0 aliphatic carbocycles. The Bertz CT molecular complexity index is 213. The highest BCUT2D eigenvalue weighted by atomic mass is 16.2. The molecule has 80 valence electrons. The Morgan fingerprint density at radius 3 is 3.00 bits per heavy atom. The zero-order valence-electron chi connectivity index (χ0n) is 8.83. The molecule has 2 aliphatic heterocycles. The Labute approximate surface area is 85.2 Å². The fraction of sp³-hybridized carbons (Fsp3) is 0.900. The quantitative estimate of drug-likeness (QED) is 0.649. The fourth-order valence-electron chi connectivity index (χ4n) is 2.19. The van der Waals surface area contributed by atoms with Crippen molar-refractivity contribution in [2.75, 3.05) is 39.8 Å². The van der Waals surface area contributed by atoms with Crippen LogP contribution in [0, 0.1) is 0 Å². The molecule has 0 bridgehead atoms. The Kier molecular flexibility index (Phi) is 3.03. The van der Waals surface area contributed by atoms with Crippen LogP contribution in [0.1, 0.15) is 12.8 Å². The van der Waals surface area contributed by atoms with Crippen molar-refractivity contribution in [3.05, 3.63) is 0 Å². The van der Waals surface area contributed by atoms with Crippen LogP contribution in [0.5, 0.6) is 0 Å². The second kappa shape index (κ2) is 4.28. The van der Waals surface area contributed by atoms with Crippen LogP contribution in [0.3, 0.4) is 0 Å². The van der Waals surface area contributed by atoms with E-state index >= 15 is 0 Å². The third-order valence-corrected chi connectivity index (χ3v) is 3.18. The summed E-state index contributed by atoms with van der Waals surface area (Å²) >= 11 is 0. The van der Waals surface area contributed by atoms with E-state index in [9.17, 15) is 4.79 Å². The summed E-state index contributed by atoms with van der Waals surface area (Å²) in [6, 6.07) is 0.617. The number of carbonyl (C=O) groups is 1. The van der Waals surface area contributed by atoms with Crippen molar-refractivity contribution in [1.82, 2.24) is 15.1 Å². The monoisotopic (exact) mass is 197 g/mol. The number of amides is 1. The molecule has 4 nitrogen and oxygen atoms in total. The van der Waals surface area contributed by atoms with Gasteiger partial charge >= 0.3 is 0 Å². The van der Waals surface area contributed by atoms with Gasteiger partial charge in [0.05, 0.1) is 6.54 Å². The van der Waals surface area contributed by atoms with Crippen LogP contribution in [0.15, 0.2) is 0 Å². The second-order valence-electron chi connectivity index (χ2n) is 4.34. The van der Waals surface area contributed by atoms with Crippen molar-refractivity contribution in [1.29, 1.82) is 0 Å². The first-order valence-electron chi connectivity index (χ1n) is 5.45. The number of likely N-dealkylation sites (N-methyl/N-ethyl adjacent to an activating group) is 1. The Hall–Kier alpha value is -0.610. The van der Waals surface area contributed by atoms with Crippen LogP contribution in [0.2, 0.25) is 0 Å². The van der Waals surface area contributed by atoms with Crippen LogP contribution in [-0.2, 0) is 4.79 Å². The molecule has 0 aromatic heterocycles. The minimum Gasteiger partial charge on any atom is -0.343 e. The summed E-state index contributed by atoms with van der Waals surface area (Å²) in [6.07, 6.45) is 2.55. The molecular formula is C10H19N3O. The largest absolute Gasteiger partial charge is 0.343 e. The van der Waals surface area contributed by atoms with E-state index in [1.165, 1.54) is 12.8 Å². The van der Waals surface area contributed by atoms with Gasteiger partial charge in [0, 0.05) is 32.7 Å². The molecule has 2 rings (SSSR count). The van der Waals surface area contributed by atoms with Gasteiger partial charge in [-0.2, -0.15) is 0 Å². The van der Waals surface area contributed by atoms with Gasteiger partial charge in [0.25, 0.3) is 0 Å². The number of rotatable bonds is 2. The van der Waals surface area contributed by atoms with Crippen LogP contribution in [-0.4, -0.2) is 61.5 Å². The highest BCUT2D eigenvalue weighted by Crippen LogP contribution is 2.09. The number of piperazine rings is 1. The van der Waals surface area contributed by atoms with Gasteiger partial charge in [0.15, 0.2) is 0 Å². The highest BCUT2D eigenvalue weighted by molar-refractivity contribution is 5.78. The van der Waals surface area contributed by atoms with Crippen LogP contribution in [0.25, 0.3) is 0 Å². The molecule has 1 N–H and O–H groups in total. The van der Waals surface area contributed by atoms with E-state index in [4.69, 9.17) is 0 Å². The first-order chi connectivity index (χ1) is 6.75. The summed E-state index contributed by atoms with van der Waals surface area (Å²) in [5, 5.41) is 3.46. The molecule has 2 aliphatic rings. The molecule has 0 radical (unpaired) electrons. The zero-order valence-corrected chi connectivity index (χ0v) is 8.83. The number of carbonyl (C=O) groups excluding carboxylic acids is 1. The molecule has 0 spiro atoms. The van der Waals surface area contributed by atoms with Crippen molar-refractivity contribution in [2.24, 2.45) is 0 Å². The molecule has 2 fully saturated rings. The summed E-state index contributed by atoms with van der Waals surface area (Å²) < 4.78 is 0. The van der Waals surface area contributed by atoms with E-state index in [1.807, 2.05) is 11.9 Å². The number of hydrogen-bond acceptors (Lipinski definition) is 3. The van der Waals surface area contributed by atoms with Crippen molar-refractivity contribution in [2.45, 2.75) is 18.9 Å². The second-order valence-corrected chi connectivity index (χ2v) is 4.34. The van der Waals surface area contributed by atoms with Gasteiger partial charge in [-0.3, -0.25) is 9.69 Å². The Morgan fingerprint density at radius 2 is 2.36 bits per heavy atom. The van der Waals surface area contributed by atoms with E-state index in [0.29, 0.717) is 12.6 Å². The SMILES string of the molecule is CN1CCN(C[C@@H]2CCCN2)CC1=O. The highest BCUT2D eigenvalue weighted by Gasteiger charge is 2.24. The Balaban J connectivity index is 1.78. The van der Waals surface area contributed by atoms with Crippen molar-refractivity contribution >= 4 is 5.91 Å². The first kappa shape index (κ1) is 9.93. The summed E-state index contributed by atoms with van der Waals surface area (Å²) in [5.74, 6) is 0.259. The average Bonchev–Trinajstić information content (AvgIpc) is 2.64. The molecule has 0 unspecified atom stereocenters. The van der Waals surface area contributed by atoms with Gasteiger partial charge < -0.3 is 10.2 Å². The van der Waals surface area contributed by atoms with Gasteiger partial charge in [0.2, 0.25) is 5.91 Å². The van der Waals surface area contributed by atoms with Crippen LogP contribution >= 0.6 is 0 Å². The van der Waals surface area contributed by atoms with E-state index in [-0.39, 0.29) is 5.91 Å². The number of hydrogen-bond donors (Lipinski definition) is 1. The molecule has 0 saturated carbocycles. The molecule has 0 aromatic rings. The molecule has 0 aromatic carbocycles. The minimum atomic E-state index is 0.259. The molecule has 1 amide bonds. The predicted molar refractivity (Wildman–Crippen MR) is 55.1 cm³/mol. The number of nitrogens with one attached hydrogen (secondary N) is 1. The minimum absolute atomic E-state index is 0.259. The Morgan fingerprint density at radius 1 is 1.50 bits per heavy atom. The molecule has 14 heavy (non-hydrogen) atoms. The van der Waals surface area contributed by atoms with Crippen molar-refractivity contribution < 1.29 is 4.79 Å². The molecule has 2 saturated heterocycles. The topological polar surface area (TPSA) is 35.6 Å². The van der Waals surface area contributed by atoms with Gasteiger partial charge in [-0.05, 0) is 19.4 Å². The first-order valence-corrected chi connectivity index (χ1v) is 5.45. The summed E-state index contributed by atoms with van der Waals surface area (Å²) in [7, 11) is 1.88. The summed E-state index contributed by atoms with van der Waals surface area (Å²) in [4.78, 5) is 15.5. The lowest BCUT2D eigenvalue weighted by Gasteiger charge is -2.33. The molecule has 1 atom stereocenters. The third kappa shape index (κ3) is 2.25. The maximum Gasteiger partial charge on any atom is 0.236 e.